The fourth-order valence-electron chi connectivity index (χ4n) is 2.41. The van der Waals surface area contributed by atoms with E-state index in [1.807, 2.05) is 0 Å². The topological polar surface area (TPSA) is 46.3 Å². The van der Waals surface area contributed by atoms with Crippen molar-refractivity contribution < 1.29 is 4.79 Å². The predicted molar refractivity (Wildman–Crippen MR) is 111 cm³/mol. The number of carbonyl (C=O) groups is 1. The van der Waals surface area contributed by atoms with E-state index in [2.05, 4.69) is 20.4 Å². The molecule has 0 heterocycles. The minimum absolute atomic E-state index is 0. The van der Waals surface area contributed by atoms with Crippen LogP contribution in [0, 0.1) is 0 Å². The number of hydrogen-bond donors (Lipinski definition) is 1. The molecule has 0 aliphatic carbocycles. The standard InChI is InChI=1S/C15H33N.C5H9NO.ClH/c1-3-5-6-7-8-9-10-11-12-14-15(16)13-4-2;1-4-5(7)6(2)3;/h15H,3-14,16H2,1-2H3;4H,1H2,2-3H3;1H. The lowest BCUT2D eigenvalue weighted by Gasteiger charge is -2.09. The Labute approximate surface area is 157 Å². The van der Waals surface area contributed by atoms with Gasteiger partial charge in [-0.25, -0.2) is 0 Å². The van der Waals surface area contributed by atoms with Crippen LogP contribution < -0.4 is 5.73 Å². The Hall–Kier alpha value is -0.540. The van der Waals surface area contributed by atoms with Gasteiger partial charge in [-0.2, -0.15) is 0 Å². The second-order valence-electron chi connectivity index (χ2n) is 6.60. The molecule has 146 valence electrons. The summed E-state index contributed by atoms with van der Waals surface area (Å²) in [6, 6.07) is 0.467. The van der Waals surface area contributed by atoms with Crippen LogP contribution in [-0.2, 0) is 4.79 Å². The monoisotopic (exact) mass is 362 g/mol. The van der Waals surface area contributed by atoms with Gasteiger partial charge in [0.25, 0.3) is 0 Å². The molecule has 24 heavy (non-hydrogen) atoms. The molecule has 0 aromatic heterocycles. The highest BCUT2D eigenvalue weighted by Crippen LogP contribution is 2.11. The van der Waals surface area contributed by atoms with Crippen LogP contribution in [0.2, 0.25) is 0 Å². The maximum absolute atomic E-state index is 10.3. The second kappa shape index (κ2) is 22.5. The van der Waals surface area contributed by atoms with E-state index in [4.69, 9.17) is 5.73 Å². The van der Waals surface area contributed by atoms with Gasteiger partial charge in [-0.05, 0) is 18.9 Å². The summed E-state index contributed by atoms with van der Waals surface area (Å²) in [5.74, 6) is -0.0556. The SMILES string of the molecule is C=CC(=O)N(C)C.CCCCCCCCCCCC(N)CCC.Cl. The van der Waals surface area contributed by atoms with Gasteiger partial charge in [0.2, 0.25) is 5.91 Å². The smallest absolute Gasteiger partial charge is 0.245 e. The van der Waals surface area contributed by atoms with Gasteiger partial charge in [0.15, 0.2) is 0 Å². The van der Waals surface area contributed by atoms with Crippen LogP contribution in [0.25, 0.3) is 0 Å². The van der Waals surface area contributed by atoms with Crippen LogP contribution in [0.5, 0.6) is 0 Å². The third-order valence-electron chi connectivity index (χ3n) is 3.95. The van der Waals surface area contributed by atoms with E-state index in [0.29, 0.717) is 6.04 Å². The number of halogens is 1. The molecular weight excluding hydrogens is 320 g/mol. The van der Waals surface area contributed by atoms with Crippen LogP contribution in [0.4, 0.5) is 0 Å². The van der Waals surface area contributed by atoms with Gasteiger partial charge in [-0.15, -0.1) is 12.4 Å². The average Bonchev–Trinajstić information content (AvgIpc) is 2.53. The van der Waals surface area contributed by atoms with Crippen molar-refractivity contribution in [1.29, 1.82) is 0 Å². The van der Waals surface area contributed by atoms with Gasteiger partial charge in [0.05, 0.1) is 0 Å². The molecule has 1 amide bonds. The number of rotatable bonds is 13. The summed E-state index contributed by atoms with van der Waals surface area (Å²) in [6.45, 7) is 7.79. The molecule has 2 N–H and O–H groups in total. The molecule has 0 saturated carbocycles. The number of likely N-dealkylation sites (N-methyl/N-ethyl adjacent to an activating group) is 1. The van der Waals surface area contributed by atoms with E-state index in [9.17, 15) is 4.79 Å². The molecule has 0 aromatic rings. The molecule has 0 fully saturated rings. The Morgan fingerprint density at radius 1 is 0.917 bits per heavy atom. The molecule has 0 aromatic carbocycles. The zero-order valence-corrected chi connectivity index (χ0v) is 17.5. The predicted octanol–water partition coefficient (Wildman–Crippen LogP) is 5.72. The first-order valence-electron chi connectivity index (χ1n) is 9.58. The minimum Gasteiger partial charge on any atom is -0.345 e. The van der Waals surface area contributed by atoms with Crippen molar-refractivity contribution in [1.82, 2.24) is 4.90 Å². The van der Waals surface area contributed by atoms with Gasteiger partial charge in [-0.3, -0.25) is 4.79 Å². The van der Waals surface area contributed by atoms with Gasteiger partial charge in [-0.1, -0.05) is 84.6 Å². The lowest BCUT2D eigenvalue weighted by atomic mass is 10.0. The number of hydrogen-bond acceptors (Lipinski definition) is 2. The summed E-state index contributed by atoms with van der Waals surface area (Å²) in [4.78, 5) is 11.8. The van der Waals surface area contributed by atoms with E-state index in [-0.39, 0.29) is 18.3 Å². The molecular formula is C20H43ClN2O. The minimum atomic E-state index is -0.0556. The van der Waals surface area contributed by atoms with Crippen molar-refractivity contribution in [2.24, 2.45) is 5.73 Å². The third-order valence-corrected chi connectivity index (χ3v) is 3.95. The number of carbonyl (C=O) groups excluding carboxylic acids is 1. The zero-order valence-electron chi connectivity index (χ0n) is 16.7. The maximum atomic E-state index is 10.3. The summed E-state index contributed by atoms with van der Waals surface area (Å²) in [5, 5.41) is 0. The summed E-state index contributed by atoms with van der Waals surface area (Å²) in [7, 11) is 3.37. The lowest BCUT2D eigenvalue weighted by molar-refractivity contribution is -0.123. The number of unbranched alkanes of at least 4 members (excludes halogenated alkanes) is 8. The van der Waals surface area contributed by atoms with E-state index in [1.54, 1.807) is 14.1 Å². The molecule has 0 aliphatic heterocycles. The Kier molecular flexibility index (Phi) is 26.5. The summed E-state index contributed by atoms with van der Waals surface area (Å²) in [5.41, 5.74) is 5.98. The Morgan fingerprint density at radius 2 is 1.38 bits per heavy atom. The van der Waals surface area contributed by atoms with Gasteiger partial charge >= 0.3 is 0 Å². The molecule has 1 unspecified atom stereocenters. The third kappa shape index (κ3) is 23.7. The lowest BCUT2D eigenvalue weighted by Crippen LogP contribution is -2.18. The highest BCUT2D eigenvalue weighted by molar-refractivity contribution is 5.86. The molecule has 0 aliphatic rings. The van der Waals surface area contributed by atoms with Crippen LogP contribution >= 0.6 is 12.4 Å². The average molecular weight is 363 g/mol. The molecule has 0 spiro atoms. The van der Waals surface area contributed by atoms with E-state index >= 15 is 0 Å². The van der Waals surface area contributed by atoms with E-state index in [0.717, 1.165) is 0 Å². The van der Waals surface area contributed by atoms with Crippen LogP contribution in [0.3, 0.4) is 0 Å². The molecule has 1 atom stereocenters. The van der Waals surface area contributed by atoms with Crippen molar-refractivity contribution in [2.75, 3.05) is 14.1 Å². The van der Waals surface area contributed by atoms with Crippen LogP contribution in [0.1, 0.15) is 90.9 Å². The highest BCUT2D eigenvalue weighted by Gasteiger charge is 2.00. The van der Waals surface area contributed by atoms with Crippen molar-refractivity contribution in [3.05, 3.63) is 12.7 Å². The largest absolute Gasteiger partial charge is 0.345 e. The van der Waals surface area contributed by atoms with Crippen molar-refractivity contribution >= 4 is 18.3 Å². The summed E-state index contributed by atoms with van der Waals surface area (Å²) in [6.07, 6.45) is 17.7. The van der Waals surface area contributed by atoms with Crippen molar-refractivity contribution in [3.8, 4) is 0 Å². The van der Waals surface area contributed by atoms with Gasteiger partial charge in [0, 0.05) is 20.1 Å². The molecule has 0 bridgehead atoms. The molecule has 0 rings (SSSR count). The summed E-state index contributed by atoms with van der Waals surface area (Å²) < 4.78 is 0. The maximum Gasteiger partial charge on any atom is 0.245 e. The first kappa shape index (κ1) is 28.3. The molecule has 0 saturated heterocycles. The van der Waals surface area contributed by atoms with Crippen molar-refractivity contribution in [3.63, 3.8) is 0 Å². The van der Waals surface area contributed by atoms with Gasteiger partial charge in [0.1, 0.15) is 0 Å². The Morgan fingerprint density at radius 3 is 1.71 bits per heavy atom. The fourth-order valence-corrected chi connectivity index (χ4v) is 2.41. The number of nitrogens with zero attached hydrogens (tertiary/aromatic N) is 1. The number of amides is 1. The van der Waals surface area contributed by atoms with E-state index < -0.39 is 0 Å². The van der Waals surface area contributed by atoms with Crippen LogP contribution in [-0.4, -0.2) is 30.9 Å². The molecule has 4 heteroatoms. The Balaban J connectivity index is -0.000000468. The normalized spacial score (nSPS) is 10.9. The fraction of sp³-hybridized carbons (Fsp3) is 0.850. The first-order valence-corrected chi connectivity index (χ1v) is 9.58. The zero-order chi connectivity index (χ0) is 17.9. The van der Waals surface area contributed by atoms with E-state index in [1.165, 1.54) is 88.0 Å². The van der Waals surface area contributed by atoms with Crippen LogP contribution in [0.15, 0.2) is 12.7 Å². The highest BCUT2D eigenvalue weighted by atomic mass is 35.5. The quantitative estimate of drug-likeness (QED) is 0.336. The Bertz CT molecular complexity index is 270. The molecule has 3 nitrogen and oxygen atoms in total. The molecule has 0 radical (unpaired) electrons. The number of nitrogens with two attached hydrogens (primary N) is 1. The first-order chi connectivity index (χ1) is 11.0. The summed E-state index contributed by atoms with van der Waals surface area (Å²) >= 11 is 0. The second-order valence-corrected chi connectivity index (χ2v) is 6.60. The van der Waals surface area contributed by atoms with Gasteiger partial charge < -0.3 is 10.6 Å². The van der Waals surface area contributed by atoms with Crippen molar-refractivity contribution in [2.45, 2.75) is 96.9 Å².